The number of hydrogen-bond acceptors (Lipinski definition) is 4. The molecule has 0 unspecified atom stereocenters. The normalized spacial score (nSPS) is 17.5. The minimum absolute atomic E-state index is 0.391. The summed E-state index contributed by atoms with van der Waals surface area (Å²) in [5.41, 5.74) is 4.00. The molecule has 2 N–H and O–H groups in total. The van der Waals surface area contributed by atoms with Gasteiger partial charge in [0, 0.05) is 29.4 Å². The number of anilines is 1. The molecule has 0 radical (unpaired) electrons. The second kappa shape index (κ2) is 7.94. The van der Waals surface area contributed by atoms with Crippen molar-refractivity contribution < 1.29 is 14.4 Å². The molecule has 0 aliphatic carbocycles. The lowest BCUT2D eigenvalue weighted by molar-refractivity contribution is -0.131. The van der Waals surface area contributed by atoms with Crippen molar-refractivity contribution in [3.8, 4) is 0 Å². The number of aromatic nitrogens is 1. The maximum Gasteiger partial charge on any atom is 0.335 e. The standard InChI is InChI=1S/C23H22N4O3/c1-14-7-9-17(10-8-14)27-22(29)20(21(28)26-23(27)30)15(2)24-12-11-16-13-25-19-6-4-3-5-18(16)19/h3-10,13,20,25H,11-12H2,1-2H3,(H,26,28,30)/t20-/m0/s1. The van der Waals surface area contributed by atoms with Crippen LogP contribution in [0, 0.1) is 12.8 Å². The van der Waals surface area contributed by atoms with E-state index in [9.17, 15) is 14.4 Å². The first-order valence-corrected chi connectivity index (χ1v) is 9.77. The first kappa shape index (κ1) is 19.6. The first-order chi connectivity index (χ1) is 14.5. The topological polar surface area (TPSA) is 94.6 Å². The van der Waals surface area contributed by atoms with Gasteiger partial charge in [0.2, 0.25) is 5.91 Å². The summed E-state index contributed by atoms with van der Waals surface area (Å²) < 4.78 is 0. The highest BCUT2D eigenvalue weighted by Gasteiger charge is 2.42. The predicted octanol–water partition coefficient (Wildman–Crippen LogP) is 3.38. The van der Waals surface area contributed by atoms with Crippen LogP contribution in [0.2, 0.25) is 0 Å². The van der Waals surface area contributed by atoms with Gasteiger partial charge in [-0.25, -0.2) is 9.69 Å². The van der Waals surface area contributed by atoms with Crippen LogP contribution in [0.4, 0.5) is 10.5 Å². The van der Waals surface area contributed by atoms with Crippen LogP contribution in [0.3, 0.4) is 0 Å². The number of aromatic amines is 1. The Kier molecular flexibility index (Phi) is 5.18. The van der Waals surface area contributed by atoms with Gasteiger partial charge in [0.05, 0.1) is 5.69 Å². The third-order valence-corrected chi connectivity index (χ3v) is 5.29. The molecule has 1 aliphatic rings. The molecular weight excluding hydrogens is 380 g/mol. The zero-order valence-electron chi connectivity index (χ0n) is 16.8. The molecular formula is C23H22N4O3. The third kappa shape index (κ3) is 3.61. The van der Waals surface area contributed by atoms with Gasteiger partial charge in [0.15, 0.2) is 5.92 Å². The van der Waals surface area contributed by atoms with E-state index in [0.29, 0.717) is 24.4 Å². The molecule has 30 heavy (non-hydrogen) atoms. The monoisotopic (exact) mass is 402 g/mol. The first-order valence-electron chi connectivity index (χ1n) is 9.77. The summed E-state index contributed by atoms with van der Waals surface area (Å²) in [6, 6.07) is 14.3. The minimum atomic E-state index is -1.12. The van der Waals surface area contributed by atoms with Gasteiger partial charge in [-0.05, 0) is 44.0 Å². The number of benzene rings is 2. The molecule has 0 saturated carbocycles. The van der Waals surface area contributed by atoms with Crippen LogP contribution in [0.5, 0.6) is 0 Å². The van der Waals surface area contributed by atoms with Gasteiger partial charge in [-0.3, -0.25) is 19.9 Å². The maximum absolute atomic E-state index is 13.0. The quantitative estimate of drug-likeness (QED) is 0.506. The number of fused-ring (bicyclic) bond motifs is 1. The fourth-order valence-corrected chi connectivity index (χ4v) is 3.66. The Morgan fingerprint density at radius 1 is 1.07 bits per heavy atom. The third-order valence-electron chi connectivity index (χ3n) is 5.29. The Balaban J connectivity index is 1.52. The summed E-state index contributed by atoms with van der Waals surface area (Å²) in [5, 5.41) is 3.41. The van der Waals surface area contributed by atoms with E-state index >= 15 is 0 Å². The Hall–Kier alpha value is -3.74. The van der Waals surface area contributed by atoms with Gasteiger partial charge in [-0.15, -0.1) is 0 Å². The molecule has 1 saturated heterocycles. The van der Waals surface area contributed by atoms with Gasteiger partial charge >= 0.3 is 6.03 Å². The van der Waals surface area contributed by atoms with Gasteiger partial charge in [0.1, 0.15) is 0 Å². The van der Waals surface area contributed by atoms with Crippen molar-refractivity contribution >= 4 is 40.1 Å². The van der Waals surface area contributed by atoms with E-state index in [2.05, 4.69) is 15.3 Å². The number of rotatable bonds is 5. The van der Waals surface area contributed by atoms with Crippen molar-refractivity contribution in [3.05, 3.63) is 65.9 Å². The fourth-order valence-electron chi connectivity index (χ4n) is 3.66. The number of nitrogens with one attached hydrogen (secondary N) is 2. The highest BCUT2D eigenvalue weighted by atomic mass is 16.2. The summed E-state index contributed by atoms with van der Waals surface area (Å²) in [7, 11) is 0. The fraction of sp³-hybridized carbons (Fsp3) is 0.217. The SMILES string of the molecule is CC(=NCCc1c[nH]c2ccccc12)[C@H]1C(=O)NC(=O)N(c2ccc(C)cc2)C1=O. The molecule has 1 fully saturated rings. The second-order valence-corrected chi connectivity index (χ2v) is 7.37. The predicted molar refractivity (Wildman–Crippen MR) is 116 cm³/mol. The van der Waals surface area contributed by atoms with Crippen LogP contribution in [0.15, 0.2) is 59.7 Å². The van der Waals surface area contributed by atoms with E-state index in [1.54, 1.807) is 19.1 Å². The van der Waals surface area contributed by atoms with E-state index in [4.69, 9.17) is 0 Å². The van der Waals surface area contributed by atoms with Gasteiger partial charge in [-0.2, -0.15) is 0 Å². The summed E-state index contributed by atoms with van der Waals surface area (Å²) in [5.74, 6) is -2.34. The average Bonchev–Trinajstić information content (AvgIpc) is 3.12. The van der Waals surface area contributed by atoms with Crippen molar-refractivity contribution in [3.63, 3.8) is 0 Å². The number of aryl methyl sites for hydroxylation is 1. The Morgan fingerprint density at radius 2 is 1.80 bits per heavy atom. The average molecular weight is 402 g/mol. The number of imide groups is 2. The molecule has 152 valence electrons. The lowest BCUT2D eigenvalue weighted by Gasteiger charge is -2.30. The second-order valence-electron chi connectivity index (χ2n) is 7.37. The van der Waals surface area contributed by atoms with Crippen LogP contribution >= 0.6 is 0 Å². The van der Waals surface area contributed by atoms with E-state index in [-0.39, 0.29) is 0 Å². The van der Waals surface area contributed by atoms with Gasteiger partial charge in [-0.1, -0.05) is 35.9 Å². The molecule has 4 rings (SSSR count). The lowest BCUT2D eigenvalue weighted by atomic mass is 9.99. The summed E-state index contributed by atoms with van der Waals surface area (Å²) >= 11 is 0. The number of aliphatic imine (C=N–C) groups is 1. The molecule has 2 aromatic carbocycles. The summed E-state index contributed by atoms with van der Waals surface area (Å²) in [6.07, 6.45) is 2.62. The van der Waals surface area contributed by atoms with Crippen molar-refractivity contribution in [2.45, 2.75) is 20.3 Å². The number of urea groups is 1. The zero-order chi connectivity index (χ0) is 21.3. The van der Waals surface area contributed by atoms with Gasteiger partial charge < -0.3 is 4.98 Å². The Morgan fingerprint density at radius 3 is 2.57 bits per heavy atom. The molecule has 1 aromatic heterocycles. The van der Waals surface area contributed by atoms with Crippen LogP contribution in [-0.4, -0.2) is 35.1 Å². The highest BCUT2D eigenvalue weighted by Crippen LogP contribution is 2.22. The number of amides is 4. The van der Waals surface area contributed by atoms with Crippen molar-refractivity contribution in [2.75, 3.05) is 11.4 Å². The van der Waals surface area contributed by atoms with Crippen molar-refractivity contribution in [2.24, 2.45) is 10.9 Å². The number of nitrogens with zero attached hydrogens (tertiary/aromatic N) is 2. The van der Waals surface area contributed by atoms with Crippen molar-refractivity contribution in [1.82, 2.24) is 10.3 Å². The van der Waals surface area contributed by atoms with E-state index in [1.165, 1.54) is 0 Å². The van der Waals surface area contributed by atoms with Crippen LogP contribution in [0.1, 0.15) is 18.1 Å². The number of hydrogen-bond donors (Lipinski definition) is 2. The van der Waals surface area contributed by atoms with Crippen LogP contribution in [0.25, 0.3) is 10.9 Å². The molecule has 1 aliphatic heterocycles. The number of carbonyl (C=O) groups is 3. The molecule has 0 spiro atoms. The largest absolute Gasteiger partial charge is 0.361 e. The molecule has 7 nitrogen and oxygen atoms in total. The molecule has 7 heteroatoms. The zero-order valence-corrected chi connectivity index (χ0v) is 16.8. The van der Waals surface area contributed by atoms with Gasteiger partial charge in [0.25, 0.3) is 5.91 Å². The van der Waals surface area contributed by atoms with E-state index in [1.807, 2.05) is 49.5 Å². The highest BCUT2D eigenvalue weighted by molar-refractivity contribution is 6.35. The van der Waals surface area contributed by atoms with Crippen LogP contribution in [-0.2, 0) is 16.0 Å². The van der Waals surface area contributed by atoms with E-state index in [0.717, 1.165) is 26.9 Å². The van der Waals surface area contributed by atoms with Crippen molar-refractivity contribution in [1.29, 1.82) is 0 Å². The maximum atomic E-state index is 13.0. The van der Waals surface area contributed by atoms with Crippen LogP contribution < -0.4 is 10.2 Å². The molecule has 0 bridgehead atoms. The van der Waals surface area contributed by atoms with E-state index < -0.39 is 23.8 Å². The summed E-state index contributed by atoms with van der Waals surface area (Å²) in [4.78, 5) is 46.4. The minimum Gasteiger partial charge on any atom is -0.361 e. The number of carbonyl (C=O) groups excluding carboxylic acids is 3. The Bertz CT molecular complexity index is 1160. The number of barbiturate groups is 1. The summed E-state index contributed by atoms with van der Waals surface area (Å²) in [6.45, 7) is 4.00. The lowest BCUT2D eigenvalue weighted by Crippen LogP contribution is -2.60. The number of para-hydroxylation sites is 1. The molecule has 1 atom stereocenters. The Labute approximate surface area is 173 Å². The smallest absolute Gasteiger partial charge is 0.335 e. The number of H-pyrrole nitrogens is 1. The molecule has 4 amide bonds. The molecule has 3 aromatic rings. The molecule has 2 heterocycles.